The number of halogens is 2. The molecule has 0 atom stereocenters. The molecule has 148 valence electrons. The van der Waals surface area contributed by atoms with Crippen LogP contribution in [0.5, 0.6) is 0 Å². The van der Waals surface area contributed by atoms with Gasteiger partial charge in [-0.15, -0.1) is 0 Å². The average Bonchev–Trinajstić information content (AvgIpc) is 3.33. The Kier molecular flexibility index (Phi) is 4.10. The van der Waals surface area contributed by atoms with Crippen LogP contribution >= 0.6 is 0 Å². The molecule has 5 nitrogen and oxygen atoms in total. The van der Waals surface area contributed by atoms with Crippen LogP contribution in [0.2, 0.25) is 0 Å². The van der Waals surface area contributed by atoms with E-state index in [1.165, 1.54) is 12.1 Å². The van der Waals surface area contributed by atoms with Gasteiger partial charge in [0.25, 0.3) is 0 Å². The van der Waals surface area contributed by atoms with E-state index in [4.69, 9.17) is 5.73 Å². The van der Waals surface area contributed by atoms with Gasteiger partial charge in [-0.05, 0) is 53.6 Å². The molecule has 0 aliphatic heterocycles. The Morgan fingerprint density at radius 2 is 1.70 bits per heavy atom. The highest BCUT2D eigenvalue weighted by Gasteiger charge is 2.13. The third kappa shape index (κ3) is 3.10. The standard InChI is InChI=1S/C23H17F2N5/c1-29-13-17(11-28-29)14-4-5-30-22(12-27-23(30)9-14)16-6-15(7-19(26)8-16)20-3-2-18(24)10-21(20)25/h2-13H,26H2,1H3. The first-order valence-corrected chi connectivity index (χ1v) is 9.30. The molecule has 0 bridgehead atoms. The predicted octanol–water partition coefficient (Wildman–Crippen LogP) is 4.93. The van der Waals surface area contributed by atoms with Crippen LogP contribution in [0.1, 0.15) is 0 Å². The van der Waals surface area contributed by atoms with Crippen LogP contribution < -0.4 is 5.73 Å². The first kappa shape index (κ1) is 18.1. The number of benzene rings is 2. The fourth-order valence-corrected chi connectivity index (χ4v) is 3.62. The molecule has 7 heteroatoms. The number of anilines is 1. The molecule has 0 saturated carbocycles. The minimum Gasteiger partial charge on any atom is -0.399 e. The van der Waals surface area contributed by atoms with E-state index in [1.54, 1.807) is 23.1 Å². The molecule has 0 fully saturated rings. The largest absolute Gasteiger partial charge is 0.399 e. The lowest BCUT2D eigenvalue weighted by atomic mass is 10.0. The molecule has 5 aromatic rings. The summed E-state index contributed by atoms with van der Waals surface area (Å²) < 4.78 is 31.3. The van der Waals surface area contributed by atoms with Crippen LogP contribution in [0, 0.1) is 11.6 Å². The van der Waals surface area contributed by atoms with Gasteiger partial charge in [0.05, 0.1) is 18.1 Å². The lowest BCUT2D eigenvalue weighted by molar-refractivity contribution is 0.585. The second-order valence-electron chi connectivity index (χ2n) is 7.16. The highest BCUT2D eigenvalue weighted by atomic mass is 19.1. The summed E-state index contributed by atoms with van der Waals surface area (Å²) in [6, 6.07) is 12.8. The number of aryl methyl sites for hydroxylation is 1. The normalized spacial score (nSPS) is 11.3. The van der Waals surface area contributed by atoms with Gasteiger partial charge < -0.3 is 5.73 Å². The first-order valence-electron chi connectivity index (χ1n) is 9.30. The molecule has 0 aliphatic rings. The summed E-state index contributed by atoms with van der Waals surface area (Å²) >= 11 is 0. The molecular weight excluding hydrogens is 384 g/mol. The monoisotopic (exact) mass is 401 g/mol. The van der Waals surface area contributed by atoms with E-state index in [0.29, 0.717) is 11.3 Å². The molecule has 0 unspecified atom stereocenters. The van der Waals surface area contributed by atoms with Crippen molar-refractivity contribution in [2.45, 2.75) is 0 Å². The average molecular weight is 401 g/mol. The number of hydrogen-bond acceptors (Lipinski definition) is 3. The number of nitrogens with zero attached hydrogens (tertiary/aromatic N) is 4. The van der Waals surface area contributed by atoms with E-state index in [9.17, 15) is 8.78 Å². The molecule has 0 amide bonds. The summed E-state index contributed by atoms with van der Waals surface area (Å²) in [5.74, 6) is -1.25. The zero-order valence-corrected chi connectivity index (χ0v) is 16.1. The second kappa shape index (κ2) is 6.81. The predicted molar refractivity (Wildman–Crippen MR) is 113 cm³/mol. The zero-order valence-electron chi connectivity index (χ0n) is 16.1. The molecular formula is C23H17F2N5. The van der Waals surface area contributed by atoms with Gasteiger partial charge in [-0.3, -0.25) is 9.08 Å². The van der Waals surface area contributed by atoms with Crippen LogP contribution in [0.3, 0.4) is 0 Å². The Hall–Kier alpha value is -4.00. The highest BCUT2D eigenvalue weighted by Crippen LogP contribution is 2.32. The summed E-state index contributed by atoms with van der Waals surface area (Å²) in [7, 11) is 1.87. The van der Waals surface area contributed by atoms with E-state index >= 15 is 0 Å². The van der Waals surface area contributed by atoms with Crippen molar-refractivity contribution >= 4 is 11.3 Å². The number of pyridine rings is 1. The van der Waals surface area contributed by atoms with Gasteiger partial charge in [-0.1, -0.05) is 0 Å². The fourth-order valence-electron chi connectivity index (χ4n) is 3.62. The van der Waals surface area contributed by atoms with Gasteiger partial charge in [0.2, 0.25) is 0 Å². The van der Waals surface area contributed by atoms with Crippen LogP contribution in [0.25, 0.3) is 39.2 Å². The topological polar surface area (TPSA) is 61.1 Å². The van der Waals surface area contributed by atoms with E-state index in [2.05, 4.69) is 10.1 Å². The highest BCUT2D eigenvalue weighted by molar-refractivity contribution is 5.78. The van der Waals surface area contributed by atoms with E-state index in [0.717, 1.165) is 34.1 Å². The molecule has 5 rings (SSSR count). The lowest BCUT2D eigenvalue weighted by Crippen LogP contribution is -1.93. The minimum atomic E-state index is -0.634. The Bertz CT molecular complexity index is 1400. The van der Waals surface area contributed by atoms with Crippen molar-refractivity contribution in [3.05, 3.63) is 85.0 Å². The summed E-state index contributed by atoms with van der Waals surface area (Å²) in [5, 5.41) is 4.21. The van der Waals surface area contributed by atoms with Crippen molar-refractivity contribution in [1.82, 2.24) is 19.2 Å². The molecule has 3 aromatic heterocycles. The van der Waals surface area contributed by atoms with Gasteiger partial charge in [-0.25, -0.2) is 13.8 Å². The molecule has 2 N–H and O–H groups in total. The number of imidazole rings is 1. The van der Waals surface area contributed by atoms with Crippen LogP contribution in [0.15, 0.2) is 73.3 Å². The maximum absolute atomic E-state index is 14.3. The van der Waals surface area contributed by atoms with Gasteiger partial charge in [-0.2, -0.15) is 5.10 Å². The Balaban J connectivity index is 1.61. The molecule has 0 saturated heterocycles. The van der Waals surface area contributed by atoms with Gasteiger partial charge in [0, 0.05) is 47.9 Å². The zero-order chi connectivity index (χ0) is 20.8. The summed E-state index contributed by atoms with van der Waals surface area (Å²) in [6.07, 6.45) is 7.43. The van der Waals surface area contributed by atoms with E-state index < -0.39 is 11.6 Å². The molecule has 3 heterocycles. The third-order valence-electron chi connectivity index (χ3n) is 5.04. The van der Waals surface area contributed by atoms with Crippen molar-refractivity contribution in [3.63, 3.8) is 0 Å². The van der Waals surface area contributed by atoms with Crippen LogP contribution in [0.4, 0.5) is 14.5 Å². The number of hydrogen-bond donors (Lipinski definition) is 1. The van der Waals surface area contributed by atoms with E-state index in [1.807, 2.05) is 48.1 Å². The Morgan fingerprint density at radius 1 is 0.867 bits per heavy atom. The maximum atomic E-state index is 14.3. The summed E-state index contributed by atoms with van der Waals surface area (Å²) in [5.41, 5.74) is 11.8. The smallest absolute Gasteiger partial charge is 0.137 e. The van der Waals surface area contributed by atoms with Crippen LogP contribution in [-0.2, 0) is 7.05 Å². The fraction of sp³-hybridized carbons (Fsp3) is 0.0435. The number of nitrogen functional groups attached to an aromatic ring is 1. The Labute approximate surface area is 171 Å². The quantitative estimate of drug-likeness (QED) is 0.436. The SMILES string of the molecule is Cn1cc(-c2ccn3c(-c4cc(N)cc(-c5ccc(F)cc5F)c4)cnc3c2)cn1. The maximum Gasteiger partial charge on any atom is 0.137 e. The molecule has 30 heavy (non-hydrogen) atoms. The van der Waals surface area contributed by atoms with Crippen molar-refractivity contribution in [1.29, 1.82) is 0 Å². The number of fused-ring (bicyclic) bond motifs is 1. The van der Waals surface area contributed by atoms with Gasteiger partial charge in [0.15, 0.2) is 0 Å². The van der Waals surface area contributed by atoms with Crippen LogP contribution in [-0.4, -0.2) is 19.2 Å². The van der Waals surface area contributed by atoms with Gasteiger partial charge >= 0.3 is 0 Å². The minimum absolute atomic E-state index is 0.289. The number of rotatable bonds is 3. The van der Waals surface area contributed by atoms with Crippen molar-refractivity contribution in [2.75, 3.05) is 5.73 Å². The van der Waals surface area contributed by atoms with Crippen molar-refractivity contribution in [3.8, 4) is 33.5 Å². The van der Waals surface area contributed by atoms with Crippen molar-refractivity contribution in [2.24, 2.45) is 7.05 Å². The first-order chi connectivity index (χ1) is 14.5. The molecule has 0 spiro atoms. The summed E-state index contributed by atoms with van der Waals surface area (Å²) in [6.45, 7) is 0. The van der Waals surface area contributed by atoms with E-state index in [-0.39, 0.29) is 5.56 Å². The summed E-state index contributed by atoms with van der Waals surface area (Å²) in [4.78, 5) is 4.52. The molecule has 0 radical (unpaired) electrons. The lowest BCUT2D eigenvalue weighted by Gasteiger charge is -2.09. The number of aromatic nitrogens is 4. The second-order valence-corrected chi connectivity index (χ2v) is 7.16. The third-order valence-corrected chi connectivity index (χ3v) is 5.04. The van der Waals surface area contributed by atoms with Gasteiger partial charge in [0.1, 0.15) is 17.3 Å². The Morgan fingerprint density at radius 3 is 2.47 bits per heavy atom. The van der Waals surface area contributed by atoms with Crippen molar-refractivity contribution < 1.29 is 8.78 Å². The number of nitrogens with two attached hydrogens (primary N) is 1. The molecule has 0 aliphatic carbocycles. The molecule has 2 aromatic carbocycles.